The zero-order chi connectivity index (χ0) is 15.3. The van der Waals surface area contributed by atoms with Crippen molar-refractivity contribution in [2.75, 3.05) is 6.54 Å². The third-order valence-electron chi connectivity index (χ3n) is 3.16. The van der Waals surface area contributed by atoms with Crippen LogP contribution in [0.3, 0.4) is 0 Å². The van der Waals surface area contributed by atoms with Gasteiger partial charge in [-0.25, -0.2) is 13.1 Å². The van der Waals surface area contributed by atoms with Gasteiger partial charge in [0.25, 0.3) is 0 Å². The Labute approximate surface area is 130 Å². The lowest BCUT2D eigenvalue weighted by Gasteiger charge is -2.07. The SMILES string of the molecule is CCNCc1ccc(S(=O)(=O)NCc2ccccc2C)s1. The Morgan fingerprint density at radius 3 is 2.57 bits per heavy atom. The van der Waals surface area contributed by atoms with Crippen LogP contribution in [0.2, 0.25) is 0 Å². The van der Waals surface area contributed by atoms with Gasteiger partial charge in [0.05, 0.1) is 0 Å². The molecule has 4 nitrogen and oxygen atoms in total. The van der Waals surface area contributed by atoms with Crippen molar-refractivity contribution in [3.63, 3.8) is 0 Å². The summed E-state index contributed by atoms with van der Waals surface area (Å²) < 4.78 is 27.6. The largest absolute Gasteiger partial charge is 0.312 e. The summed E-state index contributed by atoms with van der Waals surface area (Å²) in [5.74, 6) is 0. The molecule has 0 aliphatic carbocycles. The summed E-state index contributed by atoms with van der Waals surface area (Å²) in [6.07, 6.45) is 0. The molecule has 0 saturated carbocycles. The van der Waals surface area contributed by atoms with Crippen molar-refractivity contribution in [3.8, 4) is 0 Å². The van der Waals surface area contributed by atoms with E-state index in [-0.39, 0.29) is 0 Å². The molecule has 0 saturated heterocycles. The highest BCUT2D eigenvalue weighted by Gasteiger charge is 2.16. The molecular formula is C15H20N2O2S2. The second-order valence-corrected chi connectivity index (χ2v) is 7.91. The smallest absolute Gasteiger partial charge is 0.250 e. The molecule has 2 aromatic rings. The summed E-state index contributed by atoms with van der Waals surface area (Å²) in [5, 5.41) is 3.19. The number of thiophene rings is 1. The number of nitrogens with one attached hydrogen (secondary N) is 2. The molecule has 1 heterocycles. The van der Waals surface area contributed by atoms with Crippen LogP contribution < -0.4 is 10.0 Å². The molecule has 114 valence electrons. The number of rotatable bonds is 7. The van der Waals surface area contributed by atoms with E-state index in [2.05, 4.69) is 10.0 Å². The number of hydrogen-bond acceptors (Lipinski definition) is 4. The summed E-state index contributed by atoms with van der Waals surface area (Å²) in [6, 6.07) is 11.3. The summed E-state index contributed by atoms with van der Waals surface area (Å²) in [5.41, 5.74) is 2.07. The zero-order valence-corrected chi connectivity index (χ0v) is 13.9. The van der Waals surface area contributed by atoms with Crippen LogP contribution in [0.15, 0.2) is 40.6 Å². The maximum Gasteiger partial charge on any atom is 0.250 e. The van der Waals surface area contributed by atoms with Crippen molar-refractivity contribution in [2.24, 2.45) is 0 Å². The van der Waals surface area contributed by atoms with Crippen LogP contribution in [0.4, 0.5) is 0 Å². The van der Waals surface area contributed by atoms with Crippen LogP contribution in [-0.2, 0) is 23.1 Å². The average molecular weight is 324 g/mol. The first-order valence-corrected chi connectivity index (χ1v) is 9.16. The first kappa shape index (κ1) is 16.2. The molecule has 0 fully saturated rings. The van der Waals surface area contributed by atoms with E-state index < -0.39 is 10.0 Å². The molecule has 0 unspecified atom stereocenters. The van der Waals surface area contributed by atoms with Crippen LogP contribution in [0, 0.1) is 6.92 Å². The number of hydrogen-bond donors (Lipinski definition) is 2. The van der Waals surface area contributed by atoms with Crippen molar-refractivity contribution >= 4 is 21.4 Å². The van der Waals surface area contributed by atoms with E-state index in [0.29, 0.717) is 17.3 Å². The Kier molecular flexibility index (Phi) is 5.52. The summed E-state index contributed by atoms with van der Waals surface area (Å²) in [6.45, 7) is 5.88. The lowest BCUT2D eigenvalue weighted by atomic mass is 10.1. The van der Waals surface area contributed by atoms with E-state index in [9.17, 15) is 8.42 Å². The van der Waals surface area contributed by atoms with Crippen molar-refractivity contribution in [1.82, 2.24) is 10.0 Å². The van der Waals surface area contributed by atoms with Gasteiger partial charge in [0.15, 0.2) is 0 Å². The third kappa shape index (κ3) is 4.38. The molecule has 21 heavy (non-hydrogen) atoms. The van der Waals surface area contributed by atoms with E-state index >= 15 is 0 Å². The predicted molar refractivity (Wildman–Crippen MR) is 86.9 cm³/mol. The molecule has 0 atom stereocenters. The maximum absolute atomic E-state index is 12.3. The molecule has 1 aromatic heterocycles. The molecule has 1 aromatic carbocycles. The van der Waals surface area contributed by atoms with E-state index in [1.54, 1.807) is 6.07 Å². The van der Waals surface area contributed by atoms with Gasteiger partial charge < -0.3 is 5.32 Å². The number of sulfonamides is 1. The van der Waals surface area contributed by atoms with E-state index in [0.717, 1.165) is 22.5 Å². The summed E-state index contributed by atoms with van der Waals surface area (Å²) in [7, 11) is -3.44. The van der Waals surface area contributed by atoms with E-state index in [1.165, 1.54) is 11.3 Å². The second-order valence-electron chi connectivity index (χ2n) is 4.75. The van der Waals surface area contributed by atoms with Gasteiger partial charge in [0, 0.05) is 18.0 Å². The monoisotopic (exact) mass is 324 g/mol. The van der Waals surface area contributed by atoms with Crippen molar-refractivity contribution in [2.45, 2.75) is 31.1 Å². The Balaban J connectivity index is 2.05. The molecule has 0 aliphatic rings. The van der Waals surface area contributed by atoms with Crippen molar-refractivity contribution in [3.05, 3.63) is 52.4 Å². The molecule has 0 radical (unpaired) electrons. The average Bonchev–Trinajstić information content (AvgIpc) is 2.94. The highest BCUT2D eigenvalue weighted by molar-refractivity contribution is 7.91. The first-order chi connectivity index (χ1) is 10.0. The fourth-order valence-corrected chi connectivity index (χ4v) is 4.27. The van der Waals surface area contributed by atoms with Gasteiger partial charge >= 0.3 is 0 Å². The van der Waals surface area contributed by atoms with Gasteiger partial charge in [-0.3, -0.25) is 0 Å². The fourth-order valence-electron chi connectivity index (χ4n) is 1.90. The Morgan fingerprint density at radius 2 is 1.86 bits per heavy atom. The van der Waals surface area contributed by atoms with Gasteiger partial charge in [-0.05, 0) is 36.7 Å². The lowest BCUT2D eigenvalue weighted by Crippen LogP contribution is -2.22. The van der Waals surface area contributed by atoms with Gasteiger partial charge in [-0.2, -0.15) is 0 Å². The molecule has 0 aliphatic heterocycles. The lowest BCUT2D eigenvalue weighted by molar-refractivity contribution is 0.583. The van der Waals surface area contributed by atoms with Gasteiger partial charge in [-0.15, -0.1) is 11.3 Å². The van der Waals surface area contributed by atoms with Crippen LogP contribution in [0.1, 0.15) is 22.9 Å². The predicted octanol–water partition coefficient (Wildman–Crippen LogP) is 2.64. The molecule has 0 bridgehead atoms. The van der Waals surface area contributed by atoms with Crippen LogP contribution in [0.5, 0.6) is 0 Å². The zero-order valence-electron chi connectivity index (χ0n) is 12.2. The van der Waals surface area contributed by atoms with Crippen molar-refractivity contribution < 1.29 is 8.42 Å². The third-order valence-corrected chi connectivity index (χ3v) is 6.14. The van der Waals surface area contributed by atoms with Crippen LogP contribution in [0.25, 0.3) is 0 Å². The minimum absolute atomic E-state index is 0.315. The Morgan fingerprint density at radius 1 is 1.10 bits per heavy atom. The first-order valence-electron chi connectivity index (χ1n) is 6.86. The molecule has 2 rings (SSSR count). The Bertz CT molecular complexity index is 693. The number of benzene rings is 1. The van der Waals surface area contributed by atoms with Crippen molar-refractivity contribution in [1.29, 1.82) is 0 Å². The molecule has 2 N–H and O–H groups in total. The highest BCUT2D eigenvalue weighted by Crippen LogP contribution is 2.21. The van der Waals surface area contributed by atoms with E-state index in [4.69, 9.17) is 0 Å². The molecule has 0 amide bonds. The molecular weight excluding hydrogens is 304 g/mol. The standard InChI is InChI=1S/C15H20N2O2S2/c1-3-16-11-14-8-9-15(20-14)21(18,19)17-10-13-7-5-4-6-12(13)2/h4-9,16-17H,3,10-11H2,1-2H3. The van der Waals surface area contributed by atoms with E-state index in [1.807, 2.05) is 44.2 Å². The summed E-state index contributed by atoms with van der Waals surface area (Å²) >= 11 is 1.31. The second kappa shape index (κ2) is 7.17. The van der Waals surface area contributed by atoms with Gasteiger partial charge in [0.2, 0.25) is 10.0 Å². The maximum atomic E-state index is 12.3. The fraction of sp³-hybridized carbons (Fsp3) is 0.333. The Hall–Kier alpha value is -1.21. The van der Waals surface area contributed by atoms with Crippen LogP contribution >= 0.6 is 11.3 Å². The minimum atomic E-state index is -3.44. The van der Waals surface area contributed by atoms with Crippen LogP contribution in [-0.4, -0.2) is 15.0 Å². The number of aryl methyl sites for hydroxylation is 1. The molecule has 0 spiro atoms. The minimum Gasteiger partial charge on any atom is -0.312 e. The molecule has 6 heteroatoms. The highest BCUT2D eigenvalue weighted by atomic mass is 32.2. The van der Waals surface area contributed by atoms with Gasteiger partial charge in [0.1, 0.15) is 4.21 Å². The van der Waals surface area contributed by atoms with Gasteiger partial charge in [-0.1, -0.05) is 31.2 Å². The quantitative estimate of drug-likeness (QED) is 0.823. The summed E-state index contributed by atoms with van der Waals surface area (Å²) in [4.78, 5) is 1.02. The normalized spacial score (nSPS) is 11.7. The topological polar surface area (TPSA) is 58.2 Å².